The fourth-order valence-electron chi connectivity index (χ4n) is 3.42. The van der Waals surface area contributed by atoms with Crippen molar-refractivity contribution in [2.24, 2.45) is 0 Å². The van der Waals surface area contributed by atoms with Crippen LogP contribution < -0.4 is 0 Å². The second-order valence-corrected chi connectivity index (χ2v) is 6.99. The first kappa shape index (κ1) is 19.8. The minimum atomic E-state index is -0.139. The van der Waals surface area contributed by atoms with Crippen LogP contribution >= 0.6 is 0 Å². The summed E-state index contributed by atoms with van der Waals surface area (Å²) in [6.45, 7) is 15.4. The first-order chi connectivity index (χ1) is 11.7. The molecule has 24 heavy (non-hydrogen) atoms. The van der Waals surface area contributed by atoms with Crippen LogP contribution in [0.3, 0.4) is 0 Å². The highest BCUT2D eigenvalue weighted by Gasteiger charge is 2.23. The lowest BCUT2D eigenvalue weighted by atomic mass is 10.2. The Morgan fingerprint density at radius 3 is 2.29 bits per heavy atom. The molecule has 2 aliphatic rings. The average molecular weight is 341 g/mol. The monoisotopic (exact) mass is 340 g/mol. The fraction of sp³-hybridized carbons (Fsp3) is 0.889. The predicted molar refractivity (Wildman–Crippen MR) is 98.2 cm³/mol. The number of likely N-dealkylation sites (N-methyl/N-ethyl adjacent to an activating group) is 1. The van der Waals surface area contributed by atoms with Crippen LogP contribution in [0.5, 0.6) is 0 Å². The lowest BCUT2D eigenvalue weighted by Crippen LogP contribution is -2.52. The number of aliphatic hydroxyl groups excluding tert-OH is 1. The van der Waals surface area contributed by atoms with E-state index in [1.165, 1.54) is 39.1 Å². The van der Waals surface area contributed by atoms with E-state index in [0.29, 0.717) is 0 Å². The third kappa shape index (κ3) is 6.78. The van der Waals surface area contributed by atoms with E-state index < -0.39 is 0 Å². The van der Waals surface area contributed by atoms with Gasteiger partial charge in [-0.2, -0.15) is 0 Å². The van der Waals surface area contributed by atoms with Gasteiger partial charge >= 0.3 is 0 Å². The molecule has 0 bridgehead atoms. The Hall–Kier alpha value is -0.500. The minimum absolute atomic E-state index is 0.0833. The summed E-state index contributed by atoms with van der Waals surface area (Å²) in [5.74, 6) is 0. The van der Waals surface area contributed by atoms with Gasteiger partial charge in [-0.15, -0.1) is 6.58 Å². The molecular formula is C18H36N4O2. The minimum Gasteiger partial charge on any atom is -0.392 e. The fourth-order valence-corrected chi connectivity index (χ4v) is 3.42. The van der Waals surface area contributed by atoms with Gasteiger partial charge in [0.05, 0.1) is 6.61 Å². The number of rotatable bonds is 10. The summed E-state index contributed by atoms with van der Waals surface area (Å²) in [6, 6.07) is 0. The topological polar surface area (TPSA) is 42.4 Å². The van der Waals surface area contributed by atoms with Gasteiger partial charge in [-0.1, -0.05) is 6.08 Å². The van der Waals surface area contributed by atoms with E-state index in [0.717, 1.165) is 45.8 Å². The first-order valence-corrected chi connectivity index (χ1v) is 9.43. The Bertz CT molecular complexity index is 340. The molecule has 1 N–H and O–H groups in total. The van der Waals surface area contributed by atoms with E-state index in [1.54, 1.807) is 0 Å². The van der Waals surface area contributed by atoms with Gasteiger partial charge in [0.1, 0.15) is 6.23 Å². The number of hydrogen-bond acceptors (Lipinski definition) is 6. The summed E-state index contributed by atoms with van der Waals surface area (Å²) in [5, 5.41) is 9.62. The smallest absolute Gasteiger partial charge is 0.134 e. The Labute approximate surface area is 147 Å². The zero-order chi connectivity index (χ0) is 17.2. The third-order valence-corrected chi connectivity index (χ3v) is 5.13. The summed E-state index contributed by atoms with van der Waals surface area (Å²) in [5.41, 5.74) is 0. The molecule has 0 spiro atoms. The van der Waals surface area contributed by atoms with Crippen molar-refractivity contribution in [1.29, 1.82) is 0 Å². The molecule has 0 aromatic rings. The molecule has 1 atom stereocenters. The van der Waals surface area contributed by atoms with Gasteiger partial charge < -0.3 is 19.6 Å². The molecule has 0 saturated carbocycles. The van der Waals surface area contributed by atoms with Crippen LogP contribution in [0.15, 0.2) is 12.7 Å². The van der Waals surface area contributed by atoms with E-state index in [9.17, 15) is 5.11 Å². The van der Waals surface area contributed by atoms with E-state index in [-0.39, 0.29) is 12.8 Å². The van der Waals surface area contributed by atoms with Gasteiger partial charge in [0.15, 0.2) is 0 Å². The third-order valence-electron chi connectivity index (χ3n) is 5.13. The molecular weight excluding hydrogens is 304 g/mol. The summed E-state index contributed by atoms with van der Waals surface area (Å²) in [6.07, 6.45) is 4.06. The molecule has 0 aliphatic carbocycles. The maximum absolute atomic E-state index is 9.62. The summed E-state index contributed by atoms with van der Waals surface area (Å²) < 4.78 is 5.94. The Kier molecular flexibility index (Phi) is 9.23. The van der Waals surface area contributed by atoms with Crippen LogP contribution in [-0.2, 0) is 4.74 Å². The molecule has 0 radical (unpaired) electrons. The number of aliphatic hydroxyl groups is 1. The van der Waals surface area contributed by atoms with Crippen LogP contribution in [-0.4, -0.2) is 117 Å². The Morgan fingerprint density at radius 2 is 1.67 bits per heavy atom. The van der Waals surface area contributed by atoms with Gasteiger partial charge in [-0.25, -0.2) is 0 Å². The molecule has 2 rings (SSSR count). The molecule has 2 saturated heterocycles. The highest BCUT2D eigenvalue weighted by atomic mass is 16.5. The molecule has 140 valence electrons. The van der Waals surface area contributed by atoms with Crippen molar-refractivity contribution in [3.05, 3.63) is 12.7 Å². The van der Waals surface area contributed by atoms with Crippen molar-refractivity contribution in [3.63, 3.8) is 0 Å². The summed E-state index contributed by atoms with van der Waals surface area (Å²) >= 11 is 0. The highest BCUT2D eigenvalue weighted by molar-refractivity contribution is 4.79. The highest BCUT2D eigenvalue weighted by Crippen LogP contribution is 2.09. The molecule has 6 heteroatoms. The Morgan fingerprint density at radius 1 is 1.00 bits per heavy atom. The number of unbranched alkanes of at least 4 members (excludes halogenated alkanes) is 1. The molecule has 1 unspecified atom stereocenters. The summed E-state index contributed by atoms with van der Waals surface area (Å²) in [4.78, 5) is 9.58. The van der Waals surface area contributed by atoms with Gasteiger partial charge in [0, 0.05) is 65.5 Å². The number of hydrogen-bond donors (Lipinski definition) is 1. The molecule has 6 nitrogen and oxygen atoms in total. The van der Waals surface area contributed by atoms with E-state index >= 15 is 0 Å². The van der Waals surface area contributed by atoms with Crippen LogP contribution in [0.4, 0.5) is 0 Å². The molecule has 0 aromatic carbocycles. The first-order valence-electron chi connectivity index (χ1n) is 9.43. The van der Waals surface area contributed by atoms with Crippen LogP contribution in [0, 0.1) is 0 Å². The van der Waals surface area contributed by atoms with E-state index in [1.807, 2.05) is 6.08 Å². The van der Waals surface area contributed by atoms with Crippen molar-refractivity contribution in [2.45, 2.75) is 19.1 Å². The second kappa shape index (κ2) is 11.2. The summed E-state index contributed by atoms with van der Waals surface area (Å²) in [7, 11) is 2.19. The lowest BCUT2D eigenvalue weighted by Gasteiger charge is -2.38. The van der Waals surface area contributed by atoms with Crippen LogP contribution in [0.2, 0.25) is 0 Å². The number of nitrogens with zero attached hydrogens (tertiary/aromatic N) is 4. The van der Waals surface area contributed by atoms with Crippen molar-refractivity contribution < 1.29 is 9.84 Å². The second-order valence-electron chi connectivity index (χ2n) is 6.99. The van der Waals surface area contributed by atoms with Crippen molar-refractivity contribution in [2.75, 3.05) is 85.7 Å². The standard InChI is InChI=1S/C18H36N4O2/c1-3-6-20-12-14-22(15-13-20)18(17-23)24-16-5-4-7-21-10-8-19(2)9-11-21/h3,18,23H,1,4-17H2,2H3. The largest absolute Gasteiger partial charge is 0.392 e. The molecule has 0 aromatic heterocycles. The van der Waals surface area contributed by atoms with Crippen molar-refractivity contribution in [1.82, 2.24) is 19.6 Å². The zero-order valence-corrected chi connectivity index (χ0v) is 15.4. The molecule has 2 heterocycles. The number of ether oxygens (including phenoxy) is 1. The molecule has 2 aliphatic heterocycles. The van der Waals surface area contributed by atoms with Crippen LogP contribution in [0.1, 0.15) is 12.8 Å². The van der Waals surface area contributed by atoms with Gasteiger partial charge in [0.25, 0.3) is 0 Å². The normalized spacial score (nSPS) is 23.4. The molecule has 2 fully saturated rings. The van der Waals surface area contributed by atoms with Crippen LogP contribution in [0.25, 0.3) is 0 Å². The maximum atomic E-state index is 9.62. The maximum Gasteiger partial charge on any atom is 0.134 e. The van der Waals surface area contributed by atoms with E-state index in [2.05, 4.69) is 33.2 Å². The van der Waals surface area contributed by atoms with Gasteiger partial charge in [-0.3, -0.25) is 9.80 Å². The quantitative estimate of drug-likeness (QED) is 0.451. The predicted octanol–water partition coefficient (Wildman–Crippen LogP) is 0.153. The number of piperazine rings is 2. The SMILES string of the molecule is C=CCN1CCN(C(CO)OCCCCN2CCN(C)CC2)CC1. The average Bonchev–Trinajstić information content (AvgIpc) is 2.61. The lowest BCUT2D eigenvalue weighted by molar-refractivity contribution is -0.100. The Balaban J connectivity index is 1.54. The van der Waals surface area contributed by atoms with Gasteiger partial charge in [-0.05, 0) is 26.4 Å². The van der Waals surface area contributed by atoms with Gasteiger partial charge in [0.2, 0.25) is 0 Å². The molecule has 0 amide bonds. The van der Waals surface area contributed by atoms with Crippen molar-refractivity contribution >= 4 is 0 Å². The van der Waals surface area contributed by atoms with E-state index in [4.69, 9.17) is 4.74 Å². The van der Waals surface area contributed by atoms with Crippen molar-refractivity contribution in [3.8, 4) is 0 Å². The zero-order valence-electron chi connectivity index (χ0n) is 15.4.